The standard InChI is InChI=1S/C24H27FN2O2/c1-29-20-8-9-22-21(14-20)24(10-12-26(13-11-24)15-17-2-3-17)16-27(22)23(28)18-4-6-19(25)7-5-18/h4-9,14,17H,2-3,10-13,15-16H2,1H3. The average Bonchev–Trinajstić information content (AvgIpc) is 3.52. The van der Waals surface area contributed by atoms with Gasteiger partial charge in [0.25, 0.3) is 5.91 Å². The number of carbonyl (C=O) groups excluding carboxylic acids is 1. The lowest BCUT2D eigenvalue weighted by molar-refractivity contribution is 0.0976. The minimum absolute atomic E-state index is 0.0282. The zero-order chi connectivity index (χ0) is 20.0. The molecule has 1 saturated carbocycles. The first kappa shape index (κ1) is 18.6. The molecular formula is C24H27FN2O2. The number of hydrogen-bond acceptors (Lipinski definition) is 3. The molecule has 5 heteroatoms. The molecule has 1 aliphatic carbocycles. The lowest BCUT2D eigenvalue weighted by Gasteiger charge is -2.40. The number of benzene rings is 2. The summed E-state index contributed by atoms with van der Waals surface area (Å²) >= 11 is 0. The molecule has 3 aliphatic rings. The Bertz CT molecular complexity index is 915. The van der Waals surface area contributed by atoms with Crippen molar-refractivity contribution >= 4 is 11.6 Å². The number of rotatable bonds is 4. The van der Waals surface area contributed by atoms with Crippen LogP contribution in [0.1, 0.15) is 41.6 Å². The van der Waals surface area contributed by atoms with Crippen LogP contribution in [-0.2, 0) is 5.41 Å². The van der Waals surface area contributed by atoms with E-state index in [1.54, 1.807) is 19.2 Å². The van der Waals surface area contributed by atoms with Gasteiger partial charge in [0.1, 0.15) is 11.6 Å². The molecule has 152 valence electrons. The number of piperidine rings is 1. The van der Waals surface area contributed by atoms with Gasteiger partial charge in [-0.05, 0) is 92.7 Å². The number of halogens is 1. The molecule has 1 amide bonds. The molecule has 0 radical (unpaired) electrons. The van der Waals surface area contributed by atoms with Gasteiger partial charge in [-0.2, -0.15) is 0 Å². The Morgan fingerprint density at radius 3 is 2.52 bits per heavy atom. The number of hydrogen-bond donors (Lipinski definition) is 0. The summed E-state index contributed by atoms with van der Waals surface area (Å²) in [6, 6.07) is 11.9. The molecule has 2 aromatic rings. The molecule has 2 heterocycles. The first-order valence-electron chi connectivity index (χ1n) is 10.6. The highest BCUT2D eigenvalue weighted by Crippen LogP contribution is 2.49. The topological polar surface area (TPSA) is 32.8 Å². The van der Waals surface area contributed by atoms with Crippen LogP contribution in [-0.4, -0.2) is 44.1 Å². The molecule has 2 fully saturated rings. The van der Waals surface area contributed by atoms with E-state index in [1.165, 1.54) is 37.1 Å². The molecule has 2 aromatic carbocycles. The quantitative estimate of drug-likeness (QED) is 0.778. The van der Waals surface area contributed by atoms with Crippen LogP contribution in [0.4, 0.5) is 10.1 Å². The summed E-state index contributed by atoms with van der Waals surface area (Å²) in [6.07, 6.45) is 4.85. The molecule has 0 atom stereocenters. The van der Waals surface area contributed by atoms with Gasteiger partial charge in [-0.25, -0.2) is 4.39 Å². The minimum atomic E-state index is -0.326. The Kier molecular flexibility index (Phi) is 4.58. The van der Waals surface area contributed by atoms with E-state index in [1.807, 2.05) is 17.0 Å². The van der Waals surface area contributed by atoms with Crippen LogP contribution in [0.5, 0.6) is 5.75 Å². The molecule has 1 saturated heterocycles. The number of anilines is 1. The summed E-state index contributed by atoms with van der Waals surface area (Å²) in [5.41, 5.74) is 2.69. The fraction of sp³-hybridized carbons (Fsp3) is 0.458. The summed E-state index contributed by atoms with van der Waals surface area (Å²) < 4.78 is 18.8. The second-order valence-electron chi connectivity index (χ2n) is 8.81. The predicted octanol–water partition coefficient (Wildman–Crippen LogP) is 4.24. The maximum atomic E-state index is 13.3. The maximum Gasteiger partial charge on any atom is 0.258 e. The van der Waals surface area contributed by atoms with E-state index in [-0.39, 0.29) is 17.1 Å². The molecule has 29 heavy (non-hydrogen) atoms. The molecule has 0 N–H and O–H groups in total. The summed E-state index contributed by atoms with van der Waals surface area (Å²) in [4.78, 5) is 17.8. The Balaban J connectivity index is 1.45. The number of amides is 1. The van der Waals surface area contributed by atoms with Crippen LogP contribution in [0.15, 0.2) is 42.5 Å². The largest absolute Gasteiger partial charge is 0.497 e. The monoisotopic (exact) mass is 394 g/mol. The Labute approximate surface area is 171 Å². The van der Waals surface area contributed by atoms with Gasteiger partial charge in [-0.3, -0.25) is 4.79 Å². The van der Waals surface area contributed by atoms with Crippen molar-refractivity contribution in [1.29, 1.82) is 0 Å². The molecule has 1 spiro atoms. The van der Waals surface area contributed by atoms with Gasteiger partial charge in [0, 0.05) is 29.8 Å². The lowest BCUT2D eigenvalue weighted by atomic mass is 9.74. The van der Waals surface area contributed by atoms with Crippen molar-refractivity contribution in [3.05, 3.63) is 59.4 Å². The summed E-state index contributed by atoms with van der Waals surface area (Å²) in [5, 5.41) is 0. The number of ether oxygens (including phenoxy) is 1. The van der Waals surface area contributed by atoms with E-state index < -0.39 is 0 Å². The van der Waals surface area contributed by atoms with E-state index in [2.05, 4.69) is 11.0 Å². The smallest absolute Gasteiger partial charge is 0.258 e. The van der Waals surface area contributed by atoms with Crippen molar-refractivity contribution in [2.45, 2.75) is 31.1 Å². The molecule has 5 rings (SSSR count). The third kappa shape index (κ3) is 3.42. The van der Waals surface area contributed by atoms with Crippen LogP contribution in [0.25, 0.3) is 0 Å². The van der Waals surface area contributed by atoms with Crippen LogP contribution < -0.4 is 9.64 Å². The SMILES string of the molecule is COc1ccc2c(c1)C1(CCN(CC3CC3)CC1)CN2C(=O)c1ccc(F)cc1. The minimum Gasteiger partial charge on any atom is -0.497 e. The normalized spacial score (nSPS) is 20.7. The van der Waals surface area contributed by atoms with Crippen LogP contribution in [0.2, 0.25) is 0 Å². The van der Waals surface area contributed by atoms with E-state index in [0.29, 0.717) is 12.1 Å². The maximum absolute atomic E-state index is 13.3. The van der Waals surface area contributed by atoms with E-state index >= 15 is 0 Å². The molecule has 2 aliphatic heterocycles. The van der Waals surface area contributed by atoms with Crippen molar-refractivity contribution in [3.63, 3.8) is 0 Å². The van der Waals surface area contributed by atoms with E-state index in [4.69, 9.17) is 4.74 Å². The molecular weight excluding hydrogens is 367 g/mol. The predicted molar refractivity (Wildman–Crippen MR) is 111 cm³/mol. The van der Waals surface area contributed by atoms with E-state index in [0.717, 1.165) is 43.3 Å². The number of likely N-dealkylation sites (tertiary alicyclic amines) is 1. The summed E-state index contributed by atoms with van der Waals surface area (Å²) in [5.74, 6) is 1.34. The van der Waals surface area contributed by atoms with Gasteiger partial charge in [0.15, 0.2) is 0 Å². The lowest BCUT2D eigenvalue weighted by Crippen LogP contribution is -2.46. The summed E-state index contributed by atoms with van der Waals surface area (Å²) in [7, 11) is 1.68. The highest BCUT2D eigenvalue weighted by molar-refractivity contribution is 6.07. The number of nitrogens with zero attached hydrogens (tertiary/aromatic N) is 2. The third-order valence-electron chi connectivity index (χ3n) is 6.89. The summed E-state index contributed by atoms with van der Waals surface area (Å²) in [6.45, 7) is 4.06. The van der Waals surface area contributed by atoms with Crippen molar-refractivity contribution in [1.82, 2.24) is 4.90 Å². The van der Waals surface area contributed by atoms with Crippen molar-refractivity contribution in [3.8, 4) is 5.75 Å². The number of carbonyl (C=O) groups is 1. The Morgan fingerprint density at radius 2 is 1.86 bits per heavy atom. The first-order valence-corrected chi connectivity index (χ1v) is 10.6. The van der Waals surface area contributed by atoms with Crippen LogP contribution in [0.3, 0.4) is 0 Å². The van der Waals surface area contributed by atoms with Gasteiger partial charge in [0.05, 0.1) is 7.11 Å². The van der Waals surface area contributed by atoms with Crippen LogP contribution >= 0.6 is 0 Å². The van der Waals surface area contributed by atoms with Crippen molar-refractivity contribution in [2.24, 2.45) is 5.92 Å². The van der Waals surface area contributed by atoms with E-state index in [9.17, 15) is 9.18 Å². The molecule has 0 bridgehead atoms. The first-order chi connectivity index (χ1) is 14.1. The Hall–Kier alpha value is -2.40. The van der Waals surface area contributed by atoms with Crippen molar-refractivity contribution < 1.29 is 13.9 Å². The van der Waals surface area contributed by atoms with Gasteiger partial charge >= 0.3 is 0 Å². The van der Waals surface area contributed by atoms with Gasteiger partial charge in [-0.15, -0.1) is 0 Å². The fourth-order valence-electron chi connectivity index (χ4n) is 4.96. The highest BCUT2D eigenvalue weighted by Gasteiger charge is 2.47. The Morgan fingerprint density at radius 1 is 1.14 bits per heavy atom. The molecule has 0 unspecified atom stereocenters. The number of methoxy groups -OCH3 is 1. The van der Waals surface area contributed by atoms with Gasteiger partial charge < -0.3 is 14.5 Å². The van der Waals surface area contributed by atoms with Gasteiger partial charge in [-0.1, -0.05) is 0 Å². The van der Waals surface area contributed by atoms with Gasteiger partial charge in [0.2, 0.25) is 0 Å². The molecule has 0 aromatic heterocycles. The second kappa shape index (κ2) is 7.13. The molecule has 4 nitrogen and oxygen atoms in total. The third-order valence-corrected chi connectivity index (χ3v) is 6.89. The zero-order valence-corrected chi connectivity index (χ0v) is 16.9. The highest BCUT2D eigenvalue weighted by atomic mass is 19.1. The fourth-order valence-corrected chi connectivity index (χ4v) is 4.96. The van der Waals surface area contributed by atoms with Crippen LogP contribution in [0, 0.1) is 11.7 Å². The zero-order valence-electron chi connectivity index (χ0n) is 16.9. The number of fused-ring (bicyclic) bond motifs is 2. The second-order valence-corrected chi connectivity index (χ2v) is 8.81. The average molecular weight is 394 g/mol. The van der Waals surface area contributed by atoms with Crippen molar-refractivity contribution in [2.75, 3.05) is 38.2 Å².